The number of aryl methyl sites for hydroxylation is 1. The summed E-state index contributed by atoms with van der Waals surface area (Å²) in [5, 5.41) is 11.2. The molecule has 0 saturated carbocycles. The summed E-state index contributed by atoms with van der Waals surface area (Å²) in [6, 6.07) is 17.5. The van der Waals surface area contributed by atoms with E-state index in [2.05, 4.69) is 13.0 Å². The van der Waals surface area contributed by atoms with Crippen molar-refractivity contribution in [1.29, 1.82) is 0 Å². The molecule has 3 rings (SSSR count). The second-order valence-electron chi connectivity index (χ2n) is 5.01. The minimum atomic E-state index is -0.775. The number of fused-ring (bicyclic) bond motifs is 1. The van der Waals surface area contributed by atoms with Crippen molar-refractivity contribution in [1.82, 2.24) is 0 Å². The van der Waals surface area contributed by atoms with Crippen LogP contribution in [0.15, 0.2) is 59.0 Å². The molecule has 0 amide bonds. The van der Waals surface area contributed by atoms with Gasteiger partial charge >= 0.3 is 0 Å². The Morgan fingerprint density at radius 1 is 1.10 bits per heavy atom. The van der Waals surface area contributed by atoms with Gasteiger partial charge in [0.1, 0.15) is 29.8 Å². The largest absolute Gasteiger partial charge is 0.490 e. The summed E-state index contributed by atoms with van der Waals surface area (Å²) in [4.78, 5) is 0. The highest BCUT2D eigenvalue weighted by Crippen LogP contribution is 2.24. The molecule has 108 valence electrons. The van der Waals surface area contributed by atoms with E-state index < -0.39 is 6.10 Å². The third-order valence-electron chi connectivity index (χ3n) is 3.49. The second kappa shape index (κ2) is 6.02. The van der Waals surface area contributed by atoms with E-state index in [4.69, 9.17) is 9.15 Å². The van der Waals surface area contributed by atoms with Gasteiger partial charge in [0.05, 0.1) is 0 Å². The molecular formula is C18H18O3. The Kier molecular flexibility index (Phi) is 3.93. The lowest BCUT2D eigenvalue weighted by atomic mass is 10.2. The summed E-state index contributed by atoms with van der Waals surface area (Å²) in [6.45, 7) is 2.27. The summed E-state index contributed by atoms with van der Waals surface area (Å²) < 4.78 is 11.3. The molecule has 3 nitrogen and oxygen atoms in total. The minimum absolute atomic E-state index is 0.174. The quantitative estimate of drug-likeness (QED) is 0.766. The summed E-state index contributed by atoms with van der Waals surface area (Å²) in [6.07, 6.45) is 0.186. The van der Waals surface area contributed by atoms with Crippen LogP contribution in [0, 0.1) is 0 Å². The summed E-state index contributed by atoms with van der Waals surface area (Å²) in [7, 11) is 0. The van der Waals surface area contributed by atoms with Gasteiger partial charge in [0.15, 0.2) is 0 Å². The molecule has 1 unspecified atom stereocenters. The van der Waals surface area contributed by atoms with E-state index in [1.54, 1.807) is 0 Å². The lowest BCUT2D eigenvalue weighted by Gasteiger charge is -2.11. The van der Waals surface area contributed by atoms with Gasteiger partial charge < -0.3 is 14.3 Å². The van der Waals surface area contributed by atoms with Gasteiger partial charge in [-0.05, 0) is 36.2 Å². The average molecular weight is 282 g/mol. The van der Waals surface area contributed by atoms with Crippen LogP contribution in [-0.4, -0.2) is 11.7 Å². The molecule has 2 aromatic carbocycles. The molecule has 0 bridgehead atoms. The lowest BCUT2D eigenvalue weighted by molar-refractivity contribution is 0.0903. The number of benzene rings is 2. The van der Waals surface area contributed by atoms with E-state index in [1.807, 2.05) is 48.5 Å². The standard InChI is InChI=1S/C18H18O3/c1-2-13-6-5-8-15(10-13)20-12-16(19)18-11-14-7-3-4-9-17(14)21-18/h3-11,16,19H,2,12H2,1H3. The van der Waals surface area contributed by atoms with E-state index in [1.165, 1.54) is 5.56 Å². The SMILES string of the molecule is CCc1cccc(OCC(O)c2cc3ccccc3o2)c1. The van der Waals surface area contributed by atoms with E-state index in [-0.39, 0.29) is 6.61 Å². The Balaban J connectivity index is 1.69. The van der Waals surface area contributed by atoms with Crippen LogP contribution < -0.4 is 4.74 Å². The van der Waals surface area contributed by atoms with Crippen molar-refractivity contribution in [3.8, 4) is 5.75 Å². The molecule has 0 spiro atoms. The predicted octanol–water partition coefficient (Wildman–Crippen LogP) is 4.11. The second-order valence-corrected chi connectivity index (χ2v) is 5.01. The minimum Gasteiger partial charge on any atom is -0.490 e. The Bertz CT molecular complexity index is 697. The maximum absolute atomic E-state index is 10.2. The highest BCUT2D eigenvalue weighted by atomic mass is 16.5. The van der Waals surface area contributed by atoms with Gasteiger partial charge in [-0.25, -0.2) is 0 Å². The van der Waals surface area contributed by atoms with Crippen molar-refractivity contribution in [3.05, 3.63) is 65.9 Å². The van der Waals surface area contributed by atoms with Crippen molar-refractivity contribution in [3.63, 3.8) is 0 Å². The van der Waals surface area contributed by atoms with Gasteiger partial charge in [0.2, 0.25) is 0 Å². The normalized spacial score (nSPS) is 12.5. The maximum Gasteiger partial charge on any atom is 0.145 e. The number of hydrogen-bond donors (Lipinski definition) is 1. The van der Waals surface area contributed by atoms with E-state index in [9.17, 15) is 5.11 Å². The van der Waals surface area contributed by atoms with E-state index in [0.717, 1.165) is 23.1 Å². The molecule has 0 fully saturated rings. The first kappa shape index (κ1) is 13.7. The first-order valence-corrected chi connectivity index (χ1v) is 7.14. The summed E-state index contributed by atoms with van der Waals surface area (Å²) in [5.74, 6) is 1.30. The first-order chi connectivity index (χ1) is 10.3. The van der Waals surface area contributed by atoms with Gasteiger partial charge in [-0.15, -0.1) is 0 Å². The third-order valence-corrected chi connectivity index (χ3v) is 3.49. The van der Waals surface area contributed by atoms with Gasteiger partial charge in [-0.3, -0.25) is 0 Å². The number of para-hydroxylation sites is 1. The average Bonchev–Trinajstić information content (AvgIpc) is 2.97. The van der Waals surface area contributed by atoms with Gasteiger partial charge in [0.25, 0.3) is 0 Å². The van der Waals surface area contributed by atoms with Gasteiger partial charge in [-0.1, -0.05) is 37.3 Å². The smallest absolute Gasteiger partial charge is 0.145 e. The topological polar surface area (TPSA) is 42.6 Å². The monoisotopic (exact) mass is 282 g/mol. The molecule has 1 aromatic heterocycles. The van der Waals surface area contributed by atoms with Crippen molar-refractivity contribution in [2.24, 2.45) is 0 Å². The Labute approximate surface area is 123 Å². The van der Waals surface area contributed by atoms with Crippen LogP contribution >= 0.6 is 0 Å². The molecule has 0 aliphatic heterocycles. The van der Waals surface area contributed by atoms with Crippen LogP contribution in [0.25, 0.3) is 11.0 Å². The van der Waals surface area contributed by atoms with Crippen molar-refractivity contribution in [2.75, 3.05) is 6.61 Å². The molecule has 3 aromatic rings. The fraction of sp³-hybridized carbons (Fsp3) is 0.222. The zero-order chi connectivity index (χ0) is 14.7. The van der Waals surface area contributed by atoms with Crippen LogP contribution in [0.1, 0.15) is 24.4 Å². The molecule has 1 atom stereocenters. The fourth-order valence-corrected chi connectivity index (χ4v) is 2.28. The van der Waals surface area contributed by atoms with Crippen LogP contribution in [0.4, 0.5) is 0 Å². The predicted molar refractivity (Wildman–Crippen MR) is 82.5 cm³/mol. The van der Waals surface area contributed by atoms with Crippen LogP contribution in [0.5, 0.6) is 5.75 Å². The highest BCUT2D eigenvalue weighted by molar-refractivity contribution is 5.77. The van der Waals surface area contributed by atoms with Crippen molar-refractivity contribution < 1.29 is 14.3 Å². The van der Waals surface area contributed by atoms with E-state index in [0.29, 0.717) is 5.76 Å². The number of ether oxygens (including phenoxy) is 1. The number of rotatable bonds is 5. The third kappa shape index (κ3) is 3.09. The number of aliphatic hydroxyl groups excluding tert-OH is 1. The molecular weight excluding hydrogens is 264 g/mol. The molecule has 0 radical (unpaired) electrons. The molecule has 0 aliphatic carbocycles. The van der Waals surface area contributed by atoms with Crippen molar-refractivity contribution >= 4 is 11.0 Å². The molecule has 0 saturated heterocycles. The fourth-order valence-electron chi connectivity index (χ4n) is 2.28. The zero-order valence-corrected chi connectivity index (χ0v) is 12.0. The van der Waals surface area contributed by atoms with Crippen LogP contribution in [-0.2, 0) is 6.42 Å². The lowest BCUT2D eigenvalue weighted by Crippen LogP contribution is -2.08. The van der Waals surface area contributed by atoms with Gasteiger partial charge in [0, 0.05) is 5.39 Å². The van der Waals surface area contributed by atoms with Crippen LogP contribution in [0.3, 0.4) is 0 Å². The maximum atomic E-state index is 10.2. The first-order valence-electron chi connectivity index (χ1n) is 7.14. The Morgan fingerprint density at radius 2 is 1.95 bits per heavy atom. The Hall–Kier alpha value is -2.26. The zero-order valence-electron chi connectivity index (χ0n) is 12.0. The molecule has 0 aliphatic rings. The van der Waals surface area contributed by atoms with Gasteiger partial charge in [-0.2, -0.15) is 0 Å². The summed E-state index contributed by atoms with van der Waals surface area (Å²) >= 11 is 0. The molecule has 21 heavy (non-hydrogen) atoms. The number of furan rings is 1. The molecule has 1 N–H and O–H groups in total. The van der Waals surface area contributed by atoms with Crippen LogP contribution in [0.2, 0.25) is 0 Å². The molecule has 1 heterocycles. The molecule has 3 heteroatoms. The van der Waals surface area contributed by atoms with E-state index >= 15 is 0 Å². The highest BCUT2D eigenvalue weighted by Gasteiger charge is 2.14. The number of hydrogen-bond acceptors (Lipinski definition) is 3. The number of aliphatic hydroxyl groups is 1. The Morgan fingerprint density at radius 3 is 2.76 bits per heavy atom. The van der Waals surface area contributed by atoms with Crippen molar-refractivity contribution in [2.45, 2.75) is 19.4 Å². The summed E-state index contributed by atoms with van der Waals surface area (Å²) in [5.41, 5.74) is 1.99.